The summed E-state index contributed by atoms with van der Waals surface area (Å²) in [6.07, 6.45) is 1.47. The van der Waals surface area contributed by atoms with Crippen molar-refractivity contribution in [3.8, 4) is 5.75 Å². The van der Waals surface area contributed by atoms with E-state index in [9.17, 15) is 14.4 Å². The molecule has 0 radical (unpaired) electrons. The molecule has 1 heterocycles. The average molecular weight is 449 g/mol. The van der Waals surface area contributed by atoms with Crippen LogP contribution < -0.4 is 15.1 Å². The van der Waals surface area contributed by atoms with E-state index in [-0.39, 0.29) is 12.5 Å². The number of benzene rings is 4. The van der Waals surface area contributed by atoms with Crippen molar-refractivity contribution in [2.45, 2.75) is 0 Å². The summed E-state index contributed by atoms with van der Waals surface area (Å²) in [4.78, 5) is 38.8. The largest absolute Gasteiger partial charge is 0.423 e. The third kappa shape index (κ3) is 4.14. The molecule has 0 aliphatic carbocycles. The molecule has 0 saturated carbocycles. The summed E-state index contributed by atoms with van der Waals surface area (Å²) in [5.41, 5.74) is 4.94. The van der Waals surface area contributed by atoms with Gasteiger partial charge in [0.15, 0.2) is 0 Å². The molecule has 2 amide bonds. The number of hydrazone groups is 1. The molecule has 0 atom stereocenters. The van der Waals surface area contributed by atoms with Crippen molar-refractivity contribution in [1.82, 2.24) is 5.43 Å². The highest BCUT2D eigenvalue weighted by molar-refractivity contribution is 6.26. The van der Waals surface area contributed by atoms with E-state index in [1.807, 2.05) is 36.4 Å². The minimum Gasteiger partial charge on any atom is -0.423 e. The summed E-state index contributed by atoms with van der Waals surface area (Å²) >= 11 is 0. The molecule has 7 nitrogen and oxygen atoms in total. The molecule has 0 bridgehead atoms. The number of amides is 2. The van der Waals surface area contributed by atoms with Gasteiger partial charge in [-0.15, -0.1) is 0 Å². The van der Waals surface area contributed by atoms with E-state index in [4.69, 9.17) is 4.74 Å². The molecule has 0 fully saturated rings. The van der Waals surface area contributed by atoms with Gasteiger partial charge in [0, 0.05) is 10.9 Å². The first-order valence-corrected chi connectivity index (χ1v) is 10.6. The summed E-state index contributed by atoms with van der Waals surface area (Å²) in [5, 5.41) is 5.80. The fourth-order valence-corrected chi connectivity index (χ4v) is 3.86. The van der Waals surface area contributed by atoms with Crippen LogP contribution in [0.5, 0.6) is 5.75 Å². The maximum atomic E-state index is 12.8. The molecule has 0 unspecified atom stereocenters. The van der Waals surface area contributed by atoms with Gasteiger partial charge in [0.05, 0.1) is 17.5 Å². The maximum absolute atomic E-state index is 12.8. The molecule has 0 spiro atoms. The second-order valence-corrected chi connectivity index (χ2v) is 7.69. The summed E-state index contributed by atoms with van der Waals surface area (Å²) in [6.45, 7) is -0.141. The number of rotatable bonds is 6. The van der Waals surface area contributed by atoms with Gasteiger partial charge in [-0.05, 0) is 59.5 Å². The SMILES string of the molecule is O=C(CN1C(=O)c2cccc3cccc1c23)N/N=C\c1ccc(OC(=O)c2ccccc2)cc1. The highest BCUT2D eigenvalue weighted by Gasteiger charge is 2.30. The van der Waals surface area contributed by atoms with Crippen molar-refractivity contribution in [1.29, 1.82) is 0 Å². The molecular formula is C27H19N3O4. The van der Waals surface area contributed by atoms with Gasteiger partial charge < -0.3 is 4.74 Å². The molecule has 7 heteroatoms. The fraction of sp³-hybridized carbons (Fsp3) is 0.0370. The lowest BCUT2D eigenvalue weighted by atomic mass is 10.1. The van der Waals surface area contributed by atoms with Gasteiger partial charge in [0.25, 0.3) is 11.8 Å². The van der Waals surface area contributed by atoms with Crippen LogP contribution in [0, 0.1) is 0 Å². The van der Waals surface area contributed by atoms with Gasteiger partial charge in [0.2, 0.25) is 0 Å². The monoisotopic (exact) mass is 449 g/mol. The van der Waals surface area contributed by atoms with Crippen LogP contribution in [0.25, 0.3) is 10.8 Å². The van der Waals surface area contributed by atoms with Gasteiger partial charge in [-0.1, -0.05) is 42.5 Å². The van der Waals surface area contributed by atoms with Gasteiger partial charge in [-0.2, -0.15) is 5.10 Å². The van der Waals surface area contributed by atoms with Crippen molar-refractivity contribution in [2.75, 3.05) is 11.4 Å². The van der Waals surface area contributed by atoms with Crippen LogP contribution >= 0.6 is 0 Å². The number of anilines is 1. The van der Waals surface area contributed by atoms with E-state index in [1.165, 1.54) is 11.1 Å². The Kier molecular flexibility index (Phi) is 5.58. The number of carbonyl (C=O) groups excluding carboxylic acids is 3. The first-order valence-electron chi connectivity index (χ1n) is 10.6. The fourth-order valence-electron chi connectivity index (χ4n) is 3.86. The zero-order chi connectivity index (χ0) is 23.5. The van der Waals surface area contributed by atoms with E-state index in [1.54, 1.807) is 54.6 Å². The first-order chi connectivity index (χ1) is 16.6. The number of hydrogen-bond acceptors (Lipinski definition) is 5. The van der Waals surface area contributed by atoms with Crippen LogP contribution in [0.1, 0.15) is 26.3 Å². The Labute approximate surface area is 195 Å². The molecule has 1 aliphatic heterocycles. The van der Waals surface area contributed by atoms with Crippen molar-refractivity contribution < 1.29 is 19.1 Å². The Bertz CT molecular complexity index is 1420. The van der Waals surface area contributed by atoms with E-state index >= 15 is 0 Å². The predicted molar refractivity (Wildman–Crippen MR) is 129 cm³/mol. The molecule has 4 aromatic carbocycles. The van der Waals surface area contributed by atoms with Crippen LogP contribution in [-0.4, -0.2) is 30.5 Å². The van der Waals surface area contributed by atoms with E-state index in [0.717, 1.165) is 16.5 Å². The quantitative estimate of drug-likeness (QED) is 0.207. The number of hydrogen-bond donors (Lipinski definition) is 1. The number of nitrogens with zero attached hydrogens (tertiary/aromatic N) is 2. The Morgan fingerprint density at radius 3 is 2.38 bits per heavy atom. The first kappa shape index (κ1) is 21.1. The second kappa shape index (κ2) is 8.99. The van der Waals surface area contributed by atoms with Crippen molar-refractivity contribution >= 4 is 40.5 Å². The van der Waals surface area contributed by atoms with Crippen LogP contribution in [0.15, 0.2) is 96.1 Å². The summed E-state index contributed by atoms with van der Waals surface area (Å²) < 4.78 is 5.34. The highest BCUT2D eigenvalue weighted by Crippen LogP contribution is 2.36. The van der Waals surface area contributed by atoms with E-state index < -0.39 is 11.9 Å². The highest BCUT2D eigenvalue weighted by atomic mass is 16.5. The number of ether oxygens (including phenoxy) is 1. The molecule has 0 saturated heterocycles. The minimum atomic E-state index is -0.441. The Hall–Kier alpha value is -4.78. The van der Waals surface area contributed by atoms with Gasteiger partial charge in [0.1, 0.15) is 12.3 Å². The Morgan fingerprint density at radius 1 is 0.882 bits per heavy atom. The zero-order valence-electron chi connectivity index (χ0n) is 18.0. The lowest BCUT2D eigenvalue weighted by Gasteiger charge is -2.16. The average Bonchev–Trinajstić information content (AvgIpc) is 3.13. The number of esters is 1. The van der Waals surface area contributed by atoms with Gasteiger partial charge in [-0.3, -0.25) is 14.5 Å². The predicted octanol–water partition coefficient (Wildman–Crippen LogP) is 4.17. The molecule has 34 heavy (non-hydrogen) atoms. The summed E-state index contributed by atoms with van der Waals surface area (Å²) in [7, 11) is 0. The van der Waals surface area contributed by atoms with E-state index in [2.05, 4.69) is 10.5 Å². The lowest BCUT2D eigenvalue weighted by molar-refractivity contribution is -0.119. The van der Waals surface area contributed by atoms with E-state index in [0.29, 0.717) is 22.4 Å². The minimum absolute atomic E-state index is 0.141. The molecular weight excluding hydrogens is 430 g/mol. The Balaban J connectivity index is 1.18. The molecule has 4 aromatic rings. The van der Waals surface area contributed by atoms with Crippen molar-refractivity contribution in [3.05, 3.63) is 108 Å². The molecule has 0 aromatic heterocycles. The normalized spacial score (nSPS) is 12.4. The third-order valence-corrected chi connectivity index (χ3v) is 5.45. The summed E-state index contributed by atoms with van der Waals surface area (Å²) in [6, 6.07) is 26.6. The van der Waals surface area contributed by atoms with Gasteiger partial charge >= 0.3 is 5.97 Å². The summed E-state index contributed by atoms with van der Waals surface area (Å²) in [5.74, 6) is -0.658. The van der Waals surface area contributed by atoms with Crippen LogP contribution in [-0.2, 0) is 4.79 Å². The third-order valence-electron chi connectivity index (χ3n) is 5.45. The lowest BCUT2D eigenvalue weighted by Crippen LogP contribution is -2.37. The number of nitrogens with one attached hydrogen (secondary N) is 1. The number of carbonyl (C=O) groups is 3. The van der Waals surface area contributed by atoms with Crippen molar-refractivity contribution in [3.63, 3.8) is 0 Å². The maximum Gasteiger partial charge on any atom is 0.343 e. The smallest absolute Gasteiger partial charge is 0.343 e. The molecule has 5 rings (SSSR count). The zero-order valence-corrected chi connectivity index (χ0v) is 18.0. The Morgan fingerprint density at radius 2 is 1.62 bits per heavy atom. The molecule has 1 aliphatic rings. The molecule has 1 N–H and O–H groups in total. The van der Waals surface area contributed by atoms with Crippen molar-refractivity contribution in [2.24, 2.45) is 5.10 Å². The molecule has 166 valence electrons. The second-order valence-electron chi connectivity index (χ2n) is 7.69. The van der Waals surface area contributed by atoms with Gasteiger partial charge in [-0.25, -0.2) is 10.2 Å². The standard InChI is InChI=1S/C27H19N3O4/c31-24(17-30-23-11-5-9-19-8-4-10-22(25(19)23)26(30)32)29-28-16-18-12-14-21(15-13-18)34-27(33)20-6-2-1-3-7-20/h1-16H,17H2,(H,29,31)/b28-16-. The topological polar surface area (TPSA) is 88.1 Å². The van der Waals surface area contributed by atoms with Crippen LogP contribution in [0.2, 0.25) is 0 Å². The van der Waals surface area contributed by atoms with Crippen LogP contribution in [0.3, 0.4) is 0 Å². The van der Waals surface area contributed by atoms with Crippen LogP contribution in [0.4, 0.5) is 5.69 Å².